The van der Waals surface area contributed by atoms with Gasteiger partial charge in [-0.15, -0.1) is 0 Å². The monoisotopic (exact) mass is 377 g/mol. The first-order chi connectivity index (χ1) is 10.6. The van der Waals surface area contributed by atoms with Crippen LogP contribution in [0.4, 0.5) is 10.1 Å². The van der Waals surface area contributed by atoms with Crippen LogP contribution < -0.4 is 5.32 Å². The van der Waals surface area contributed by atoms with Gasteiger partial charge in [-0.05, 0) is 35.7 Å². The molecule has 0 saturated heterocycles. The summed E-state index contributed by atoms with van der Waals surface area (Å²) in [5, 5.41) is 4.67. The average molecular weight is 379 g/mol. The maximum atomic E-state index is 13.8. The fourth-order valence-electron chi connectivity index (χ4n) is 2.25. The third-order valence-corrected chi connectivity index (χ3v) is 4.12. The third kappa shape index (κ3) is 2.85. The lowest BCUT2D eigenvalue weighted by Gasteiger charge is -2.10. The van der Waals surface area contributed by atoms with E-state index in [1.165, 1.54) is 12.1 Å². The van der Waals surface area contributed by atoms with Crippen molar-refractivity contribution in [1.82, 2.24) is 0 Å². The van der Waals surface area contributed by atoms with Crippen molar-refractivity contribution in [2.75, 3.05) is 5.32 Å². The summed E-state index contributed by atoms with van der Waals surface area (Å²) in [6.45, 7) is 0. The van der Waals surface area contributed by atoms with Gasteiger partial charge in [0.25, 0.3) is 5.91 Å². The van der Waals surface area contributed by atoms with E-state index in [-0.39, 0.29) is 11.6 Å². The Labute approximate surface area is 140 Å². The van der Waals surface area contributed by atoms with Crippen LogP contribution in [0.3, 0.4) is 0 Å². The van der Waals surface area contributed by atoms with Gasteiger partial charge >= 0.3 is 0 Å². The van der Waals surface area contributed by atoms with Gasteiger partial charge < -0.3 is 5.32 Å². The topological polar surface area (TPSA) is 29.1 Å². The molecular formula is C17H10BrClFNO. The smallest absolute Gasteiger partial charge is 0.256 e. The predicted molar refractivity (Wildman–Crippen MR) is 91.0 cm³/mol. The first-order valence-corrected chi connectivity index (χ1v) is 7.67. The van der Waals surface area contributed by atoms with Crippen LogP contribution in [0.1, 0.15) is 10.4 Å². The Kier molecular flexibility index (Phi) is 4.14. The van der Waals surface area contributed by atoms with E-state index in [0.29, 0.717) is 15.1 Å². The Hall–Kier alpha value is -1.91. The number of benzene rings is 3. The number of rotatable bonds is 2. The van der Waals surface area contributed by atoms with Crippen molar-refractivity contribution in [3.63, 3.8) is 0 Å². The van der Waals surface area contributed by atoms with Gasteiger partial charge in [-0.2, -0.15) is 0 Å². The fourth-order valence-corrected chi connectivity index (χ4v) is 2.82. The largest absolute Gasteiger partial charge is 0.319 e. The van der Waals surface area contributed by atoms with Gasteiger partial charge in [-0.1, -0.05) is 51.8 Å². The van der Waals surface area contributed by atoms with Gasteiger partial charge in [0.05, 0.1) is 5.69 Å². The lowest BCUT2D eigenvalue weighted by Crippen LogP contribution is -2.13. The van der Waals surface area contributed by atoms with Crippen LogP contribution in [0.15, 0.2) is 59.1 Å². The van der Waals surface area contributed by atoms with Gasteiger partial charge in [0.15, 0.2) is 0 Å². The van der Waals surface area contributed by atoms with Crippen molar-refractivity contribution < 1.29 is 9.18 Å². The van der Waals surface area contributed by atoms with E-state index in [0.717, 1.165) is 10.8 Å². The van der Waals surface area contributed by atoms with E-state index in [1.54, 1.807) is 30.3 Å². The zero-order valence-corrected chi connectivity index (χ0v) is 13.6. The number of anilines is 1. The molecule has 3 aromatic rings. The van der Waals surface area contributed by atoms with Gasteiger partial charge in [-0.25, -0.2) is 4.39 Å². The van der Waals surface area contributed by atoms with E-state index in [9.17, 15) is 9.18 Å². The molecule has 0 radical (unpaired) electrons. The summed E-state index contributed by atoms with van der Waals surface area (Å²) in [7, 11) is 0. The molecule has 1 N–H and O–H groups in total. The number of halogens is 3. The standard InChI is InChI=1S/C17H10BrClFNO/c18-10-7-8-16(15(20)9-10)21-17(22)13-5-1-4-12-11(13)3-2-6-14(12)19/h1-9H,(H,21,22). The highest BCUT2D eigenvalue weighted by Gasteiger charge is 2.13. The number of hydrogen-bond acceptors (Lipinski definition) is 1. The molecule has 5 heteroatoms. The molecule has 0 aliphatic carbocycles. The number of carbonyl (C=O) groups is 1. The van der Waals surface area contributed by atoms with Crippen molar-refractivity contribution >= 4 is 49.9 Å². The molecule has 110 valence electrons. The Morgan fingerprint density at radius 2 is 1.77 bits per heavy atom. The Morgan fingerprint density at radius 3 is 2.55 bits per heavy atom. The molecule has 0 atom stereocenters. The zero-order chi connectivity index (χ0) is 15.7. The Morgan fingerprint density at radius 1 is 1.05 bits per heavy atom. The second-order valence-electron chi connectivity index (χ2n) is 4.72. The zero-order valence-electron chi connectivity index (χ0n) is 11.2. The maximum absolute atomic E-state index is 13.8. The quantitative estimate of drug-likeness (QED) is 0.613. The van der Waals surface area contributed by atoms with E-state index in [4.69, 9.17) is 11.6 Å². The van der Waals surface area contributed by atoms with E-state index >= 15 is 0 Å². The third-order valence-electron chi connectivity index (χ3n) is 3.29. The maximum Gasteiger partial charge on any atom is 0.256 e. The molecule has 0 saturated carbocycles. The van der Waals surface area contributed by atoms with Gasteiger partial charge in [0.1, 0.15) is 5.82 Å². The summed E-state index contributed by atoms with van der Waals surface area (Å²) in [5.74, 6) is -0.880. The van der Waals surface area contributed by atoms with Crippen LogP contribution in [0.25, 0.3) is 10.8 Å². The van der Waals surface area contributed by atoms with Crippen molar-refractivity contribution in [3.8, 4) is 0 Å². The minimum atomic E-state index is -0.499. The summed E-state index contributed by atoms with van der Waals surface area (Å²) in [5.41, 5.74) is 0.578. The lowest BCUT2D eigenvalue weighted by atomic mass is 10.0. The molecule has 0 bridgehead atoms. The summed E-state index contributed by atoms with van der Waals surface area (Å²) >= 11 is 9.32. The second-order valence-corrected chi connectivity index (χ2v) is 6.04. The second kappa shape index (κ2) is 6.07. The molecule has 0 aliphatic rings. The minimum absolute atomic E-state index is 0.132. The van der Waals surface area contributed by atoms with Crippen LogP contribution in [0.5, 0.6) is 0 Å². The summed E-state index contributed by atoms with van der Waals surface area (Å²) in [6.07, 6.45) is 0. The normalized spacial score (nSPS) is 10.7. The van der Waals surface area contributed by atoms with Crippen molar-refractivity contribution in [1.29, 1.82) is 0 Å². The number of nitrogens with one attached hydrogen (secondary N) is 1. The molecule has 0 aliphatic heterocycles. The molecule has 3 aromatic carbocycles. The minimum Gasteiger partial charge on any atom is -0.319 e. The van der Waals surface area contributed by atoms with Gasteiger partial charge in [0, 0.05) is 20.4 Å². The van der Waals surface area contributed by atoms with Crippen LogP contribution >= 0.6 is 27.5 Å². The summed E-state index contributed by atoms with van der Waals surface area (Å²) in [4.78, 5) is 12.4. The van der Waals surface area contributed by atoms with E-state index in [1.807, 2.05) is 12.1 Å². The first-order valence-electron chi connectivity index (χ1n) is 6.50. The molecule has 0 aromatic heterocycles. The molecule has 3 rings (SSSR count). The number of amides is 1. The Balaban J connectivity index is 2.01. The molecule has 0 heterocycles. The summed E-state index contributed by atoms with van der Waals surface area (Å²) in [6, 6.07) is 15.1. The highest BCUT2D eigenvalue weighted by Crippen LogP contribution is 2.27. The number of carbonyl (C=O) groups excluding carboxylic acids is 1. The summed E-state index contributed by atoms with van der Waals surface area (Å²) < 4.78 is 14.4. The van der Waals surface area contributed by atoms with E-state index < -0.39 is 5.82 Å². The van der Waals surface area contributed by atoms with Crippen molar-refractivity contribution in [3.05, 3.63) is 75.5 Å². The van der Waals surface area contributed by atoms with Crippen molar-refractivity contribution in [2.45, 2.75) is 0 Å². The van der Waals surface area contributed by atoms with Crippen molar-refractivity contribution in [2.24, 2.45) is 0 Å². The van der Waals surface area contributed by atoms with Gasteiger partial charge in [0.2, 0.25) is 0 Å². The fraction of sp³-hybridized carbons (Fsp3) is 0. The first kappa shape index (κ1) is 15.0. The van der Waals surface area contributed by atoms with Crippen LogP contribution in [0.2, 0.25) is 5.02 Å². The van der Waals surface area contributed by atoms with Crippen LogP contribution in [-0.4, -0.2) is 5.91 Å². The SMILES string of the molecule is O=C(Nc1ccc(Br)cc1F)c1cccc2c(Cl)cccc12. The van der Waals surface area contributed by atoms with Crippen LogP contribution in [0, 0.1) is 5.82 Å². The number of hydrogen-bond donors (Lipinski definition) is 1. The highest BCUT2D eigenvalue weighted by molar-refractivity contribution is 9.10. The molecule has 0 unspecified atom stereocenters. The number of fused-ring (bicyclic) bond motifs is 1. The van der Waals surface area contributed by atoms with Gasteiger partial charge in [-0.3, -0.25) is 4.79 Å². The predicted octanol–water partition coefficient (Wildman–Crippen LogP) is 5.65. The molecule has 2 nitrogen and oxygen atoms in total. The van der Waals surface area contributed by atoms with Crippen LogP contribution in [-0.2, 0) is 0 Å². The molecular weight excluding hydrogens is 369 g/mol. The Bertz CT molecular complexity index is 882. The lowest BCUT2D eigenvalue weighted by molar-refractivity contribution is 0.102. The van der Waals surface area contributed by atoms with E-state index in [2.05, 4.69) is 21.2 Å². The molecule has 0 fully saturated rings. The average Bonchev–Trinajstić information content (AvgIpc) is 2.50. The highest BCUT2D eigenvalue weighted by atomic mass is 79.9. The molecule has 22 heavy (non-hydrogen) atoms. The molecule has 0 spiro atoms. The molecule has 1 amide bonds.